The average molecular weight is 266 g/mol. The summed E-state index contributed by atoms with van der Waals surface area (Å²) in [5, 5.41) is 10.9. The van der Waals surface area contributed by atoms with Crippen LogP contribution < -0.4 is 0 Å². The molecule has 0 aromatic heterocycles. The predicted octanol–water partition coefficient (Wildman–Crippen LogP) is 3.07. The van der Waals surface area contributed by atoms with Crippen LogP contribution in [0.15, 0.2) is 66.2 Å². The topological polar surface area (TPSA) is 29.5 Å². The highest BCUT2D eigenvalue weighted by Gasteiger charge is 2.37. The fourth-order valence-corrected chi connectivity index (χ4v) is 2.58. The molecule has 0 spiro atoms. The van der Waals surface area contributed by atoms with Gasteiger partial charge in [0.1, 0.15) is 5.60 Å². The third-order valence-corrected chi connectivity index (χ3v) is 3.68. The molecule has 2 nitrogen and oxygen atoms in total. The second-order valence-corrected chi connectivity index (χ2v) is 5.27. The van der Waals surface area contributed by atoms with Gasteiger partial charge in [0.05, 0.1) is 13.2 Å². The van der Waals surface area contributed by atoms with Crippen molar-refractivity contribution in [3.8, 4) is 0 Å². The van der Waals surface area contributed by atoms with Gasteiger partial charge in [0.2, 0.25) is 0 Å². The molecule has 0 aliphatic carbocycles. The molecule has 1 aliphatic heterocycles. The maximum Gasteiger partial charge on any atom is 0.115 e. The van der Waals surface area contributed by atoms with E-state index >= 15 is 0 Å². The lowest BCUT2D eigenvalue weighted by Crippen LogP contribution is -2.33. The lowest BCUT2D eigenvalue weighted by molar-refractivity contribution is 0.0431. The van der Waals surface area contributed by atoms with E-state index in [-0.39, 0.29) is 0 Å². The van der Waals surface area contributed by atoms with Crippen molar-refractivity contribution in [1.29, 1.82) is 0 Å². The summed E-state index contributed by atoms with van der Waals surface area (Å²) >= 11 is 0. The minimum Gasteiger partial charge on any atom is -0.383 e. The Bertz CT molecular complexity index is 589. The largest absolute Gasteiger partial charge is 0.383 e. The lowest BCUT2D eigenvalue weighted by Gasteiger charge is -2.23. The Morgan fingerprint density at radius 2 is 1.65 bits per heavy atom. The number of hydrogen-bond acceptors (Lipinski definition) is 2. The van der Waals surface area contributed by atoms with E-state index in [1.54, 1.807) is 0 Å². The van der Waals surface area contributed by atoms with Crippen LogP contribution in [0.1, 0.15) is 11.1 Å². The van der Waals surface area contributed by atoms with Crippen LogP contribution in [0.5, 0.6) is 0 Å². The number of hydrogen-bond donors (Lipinski definition) is 1. The van der Waals surface area contributed by atoms with Gasteiger partial charge >= 0.3 is 0 Å². The zero-order valence-corrected chi connectivity index (χ0v) is 11.3. The molecule has 2 aromatic carbocycles. The van der Waals surface area contributed by atoms with Crippen LogP contribution in [-0.4, -0.2) is 23.9 Å². The van der Waals surface area contributed by atoms with E-state index in [2.05, 4.69) is 0 Å². The first-order chi connectivity index (χ1) is 9.76. The van der Waals surface area contributed by atoms with Crippen molar-refractivity contribution in [3.05, 3.63) is 77.4 Å². The molecule has 0 amide bonds. The van der Waals surface area contributed by atoms with Gasteiger partial charge in [0.15, 0.2) is 0 Å². The maximum atomic E-state index is 10.9. The van der Waals surface area contributed by atoms with Crippen molar-refractivity contribution < 1.29 is 9.84 Å². The summed E-state index contributed by atoms with van der Waals surface area (Å²) in [5.41, 5.74) is 2.28. The number of rotatable bonds is 3. The Morgan fingerprint density at radius 3 is 2.35 bits per heavy atom. The van der Waals surface area contributed by atoms with Gasteiger partial charge in [-0.3, -0.25) is 0 Å². The summed E-state index contributed by atoms with van der Waals surface area (Å²) in [6, 6.07) is 20.1. The molecule has 1 aliphatic rings. The summed E-state index contributed by atoms with van der Waals surface area (Å²) in [6.45, 7) is 0.860. The molecule has 1 fully saturated rings. The molecule has 1 N–H and O–H groups in total. The fraction of sp³-hybridized carbons (Fsp3) is 0.222. The molecule has 0 saturated carbocycles. The third-order valence-electron chi connectivity index (χ3n) is 3.68. The first-order valence-corrected chi connectivity index (χ1v) is 6.86. The second-order valence-electron chi connectivity index (χ2n) is 5.27. The summed E-state index contributed by atoms with van der Waals surface area (Å²) in [4.78, 5) is 0. The Labute approximate surface area is 119 Å². The van der Waals surface area contributed by atoms with Crippen LogP contribution in [0.2, 0.25) is 0 Å². The molecule has 1 heterocycles. The minimum absolute atomic E-state index is 0.362. The zero-order chi connectivity index (χ0) is 13.8. The van der Waals surface area contributed by atoms with Gasteiger partial charge in [-0.1, -0.05) is 66.7 Å². The van der Waals surface area contributed by atoms with Gasteiger partial charge in [-0.15, -0.1) is 0 Å². The molecule has 0 unspecified atom stereocenters. The van der Waals surface area contributed by atoms with Crippen molar-refractivity contribution in [1.82, 2.24) is 0 Å². The maximum absolute atomic E-state index is 10.9. The number of ether oxygens (including phenoxy) is 1. The Hall–Kier alpha value is -1.90. The molecule has 1 atom stereocenters. The molecule has 102 valence electrons. The molecular formula is C18H18O2. The van der Waals surface area contributed by atoms with Crippen molar-refractivity contribution >= 4 is 6.08 Å². The van der Waals surface area contributed by atoms with Gasteiger partial charge in [-0.05, 0) is 16.7 Å². The van der Waals surface area contributed by atoms with Crippen molar-refractivity contribution in [2.75, 3.05) is 13.2 Å². The normalized spacial score (nSPS) is 24.1. The smallest absolute Gasteiger partial charge is 0.115 e. The van der Waals surface area contributed by atoms with E-state index in [1.165, 1.54) is 0 Å². The predicted molar refractivity (Wildman–Crippen MR) is 80.3 cm³/mol. The summed E-state index contributed by atoms with van der Waals surface area (Å²) in [6.07, 6.45) is 2.63. The van der Waals surface area contributed by atoms with E-state index in [9.17, 15) is 5.11 Å². The standard InChI is InChI=1S/C18H18O2/c19-18(12-16-9-5-2-6-10-16)14-20-13-17(18)11-15-7-3-1-4-8-15/h1-11,19H,12-14H2/b17-11+/t18-/m0/s1. The van der Waals surface area contributed by atoms with Gasteiger partial charge < -0.3 is 9.84 Å². The van der Waals surface area contributed by atoms with E-state index < -0.39 is 5.60 Å². The van der Waals surface area contributed by atoms with Crippen molar-refractivity contribution in [2.45, 2.75) is 12.0 Å². The molecule has 0 radical (unpaired) electrons. The van der Waals surface area contributed by atoms with Crippen LogP contribution >= 0.6 is 0 Å². The molecule has 2 aromatic rings. The average Bonchev–Trinajstić information content (AvgIpc) is 2.82. The first kappa shape index (κ1) is 13.1. The molecule has 0 bridgehead atoms. The Balaban J connectivity index is 1.86. The van der Waals surface area contributed by atoms with Crippen LogP contribution in [0.4, 0.5) is 0 Å². The van der Waals surface area contributed by atoms with Crippen LogP contribution in [-0.2, 0) is 11.2 Å². The van der Waals surface area contributed by atoms with E-state index in [0.717, 1.165) is 16.7 Å². The summed E-state index contributed by atoms with van der Waals surface area (Å²) < 4.78 is 5.50. The molecule has 20 heavy (non-hydrogen) atoms. The molecule has 1 saturated heterocycles. The summed E-state index contributed by atoms with van der Waals surface area (Å²) in [5.74, 6) is 0. The quantitative estimate of drug-likeness (QED) is 0.925. The van der Waals surface area contributed by atoms with E-state index in [0.29, 0.717) is 19.6 Å². The van der Waals surface area contributed by atoms with Crippen molar-refractivity contribution in [3.63, 3.8) is 0 Å². The molecule has 3 rings (SSSR count). The highest BCUT2D eigenvalue weighted by molar-refractivity contribution is 5.56. The van der Waals surface area contributed by atoms with E-state index in [1.807, 2.05) is 66.7 Å². The van der Waals surface area contributed by atoms with Gasteiger partial charge in [-0.2, -0.15) is 0 Å². The second kappa shape index (κ2) is 5.61. The van der Waals surface area contributed by atoms with E-state index in [4.69, 9.17) is 4.74 Å². The number of aliphatic hydroxyl groups is 1. The monoisotopic (exact) mass is 266 g/mol. The van der Waals surface area contributed by atoms with Gasteiger partial charge in [0, 0.05) is 6.42 Å². The van der Waals surface area contributed by atoms with Crippen LogP contribution in [0, 0.1) is 0 Å². The first-order valence-electron chi connectivity index (χ1n) is 6.86. The van der Waals surface area contributed by atoms with Gasteiger partial charge in [-0.25, -0.2) is 0 Å². The number of benzene rings is 2. The van der Waals surface area contributed by atoms with Crippen LogP contribution in [0.3, 0.4) is 0 Å². The third kappa shape index (κ3) is 2.82. The molecule has 2 heteroatoms. The molecular weight excluding hydrogens is 248 g/mol. The highest BCUT2D eigenvalue weighted by Crippen LogP contribution is 2.30. The van der Waals surface area contributed by atoms with Crippen LogP contribution in [0.25, 0.3) is 6.08 Å². The zero-order valence-electron chi connectivity index (χ0n) is 11.3. The Kier molecular flexibility index (Phi) is 3.68. The van der Waals surface area contributed by atoms with Crippen molar-refractivity contribution in [2.24, 2.45) is 0 Å². The SMILES string of the molecule is O[C@@]1(Cc2ccccc2)COC/C1=C\c1ccccc1. The fourth-order valence-electron chi connectivity index (χ4n) is 2.58. The summed E-state index contributed by atoms with van der Waals surface area (Å²) in [7, 11) is 0. The highest BCUT2D eigenvalue weighted by atomic mass is 16.5. The minimum atomic E-state index is -0.892. The lowest BCUT2D eigenvalue weighted by atomic mass is 9.88. The van der Waals surface area contributed by atoms with Gasteiger partial charge in [0.25, 0.3) is 0 Å². The Morgan fingerprint density at radius 1 is 1.00 bits per heavy atom.